The van der Waals surface area contributed by atoms with Crippen molar-refractivity contribution in [1.29, 1.82) is 0 Å². The van der Waals surface area contributed by atoms with Crippen LogP contribution in [0.3, 0.4) is 0 Å². The first-order chi connectivity index (χ1) is 13.6. The molecule has 1 aliphatic rings. The topological polar surface area (TPSA) is 69.4 Å². The first-order valence-corrected chi connectivity index (χ1v) is 9.59. The Morgan fingerprint density at radius 2 is 2.14 bits per heavy atom. The summed E-state index contributed by atoms with van der Waals surface area (Å²) >= 11 is 6.21. The lowest BCUT2D eigenvalue weighted by Gasteiger charge is -2.13. The third kappa shape index (κ3) is 3.51. The Morgan fingerprint density at radius 1 is 1.29 bits per heavy atom. The molecule has 0 saturated heterocycles. The summed E-state index contributed by atoms with van der Waals surface area (Å²) in [7, 11) is 1.60. The molecule has 0 fully saturated rings. The fourth-order valence-electron chi connectivity index (χ4n) is 3.57. The zero-order chi connectivity index (χ0) is 19.7. The highest BCUT2D eigenvalue weighted by Crippen LogP contribution is 2.35. The molecule has 146 valence electrons. The van der Waals surface area contributed by atoms with Gasteiger partial charge in [0.1, 0.15) is 11.6 Å². The fraction of sp³-hybridized carbons (Fsp3) is 0.333. The number of ether oxygens (including phenoxy) is 2. The predicted molar refractivity (Wildman–Crippen MR) is 107 cm³/mol. The molecule has 6 nitrogen and oxygen atoms in total. The summed E-state index contributed by atoms with van der Waals surface area (Å²) in [5.41, 5.74) is 4.48. The number of nitrogens with zero attached hydrogens (tertiary/aromatic N) is 3. The van der Waals surface area contributed by atoms with Crippen molar-refractivity contribution < 1.29 is 14.6 Å². The van der Waals surface area contributed by atoms with Gasteiger partial charge in [-0.05, 0) is 37.3 Å². The lowest BCUT2D eigenvalue weighted by Crippen LogP contribution is -2.15. The number of rotatable bonds is 4. The van der Waals surface area contributed by atoms with Crippen LogP contribution in [0.2, 0.25) is 5.02 Å². The SMILES string of the molecule is COc1cc(-c2nc(-c3ccnc(CO)c3)c3n2C[C@@H](C)OCC3)ccc1Cl. The molecule has 0 radical (unpaired) electrons. The number of halogens is 1. The highest BCUT2D eigenvalue weighted by atomic mass is 35.5. The zero-order valence-corrected chi connectivity index (χ0v) is 16.6. The van der Waals surface area contributed by atoms with E-state index in [0.29, 0.717) is 29.6 Å². The van der Waals surface area contributed by atoms with Crippen LogP contribution >= 0.6 is 11.6 Å². The maximum Gasteiger partial charge on any atom is 0.141 e. The molecule has 0 spiro atoms. The second-order valence-corrected chi connectivity index (χ2v) is 7.22. The van der Waals surface area contributed by atoms with E-state index in [9.17, 15) is 5.11 Å². The zero-order valence-electron chi connectivity index (χ0n) is 15.9. The standard InChI is InChI=1S/C21H22ClN3O3/c1-13-11-25-18(6-8-28-13)20(14-5-7-23-16(9-14)12-26)24-21(25)15-3-4-17(22)19(10-15)27-2/h3-5,7,9-10,13,26H,6,8,11-12H2,1-2H3/t13-/m1/s1. The van der Waals surface area contributed by atoms with E-state index in [0.717, 1.165) is 34.8 Å². The second-order valence-electron chi connectivity index (χ2n) is 6.82. The van der Waals surface area contributed by atoms with Gasteiger partial charge in [-0.1, -0.05) is 11.6 Å². The van der Waals surface area contributed by atoms with Crippen LogP contribution in [0.5, 0.6) is 5.75 Å². The van der Waals surface area contributed by atoms with E-state index < -0.39 is 0 Å². The van der Waals surface area contributed by atoms with Crippen LogP contribution in [-0.4, -0.2) is 39.5 Å². The third-order valence-corrected chi connectivity index (χ3v) is 5.23. The molecule has 1 aliphatic heterocycles. The van der Waals surface area contributed by atoms with Crippen molar-refractivity contribution in [1.82, 2.24) is 14.5 Å². The number of imidazole rings is 1. The molecule has 0 amide bonds. The number of fused-ring (bicyclic) bond motifs is 1. The van der Waals surface area contributed by atoms with E-state index in [1.165, 1.54) is 0 Å². The maximum absolute atomic E-state index is 9.46. The molecular formula is C21H22ClN3O3. The number of hydrogen-bond donors (Lipinski definition) is 1. The minimum Gasteiger partial charge on any atom is -0.495 e. The first kappa shape index (κ1) is 18.9. The van der Waals surface area contributed by atoms with Gasteiger partial charge in [-0.3, -0.25) is 4.98 Å². The fourth-order valence-corrected chi connectivity index (χ4v) is 3.76. The predicted octanol–water partition coefficient (Wildman–Crippen LogP) is 3.73. The van der Waals surface area contributed by atoms with E-state index >= 15 is 0 Å². The van der Waals surface area contributed by atoms with E-state index in [1.807, 2.05) is 30.3 Å². The van der Waals surface area contributed by atoms with Crippen molar-refractivity contribution in [2.24, 2.45) is 0 Å². The van der Waals surface area contributed by atoms with Gasteiger partial charge in [0.15, 0.2) is 0 Å². The lowest BCUT2D eigenvalue weighted by molar-refractivity contribution is 0.0666. The molecule has 7 heteroatoms. The van der Waals surface area contributed by atoms with Crippen LogP contribution in [-0.2, 0) is 24.3 Å². The Labute approximate surface area is 168 Å². The lowest BCUT2D eigenvalue weighted by atomic mass is 10.1. The molecule has 2 aromatic heterocycles. The van der Waals surface area contributed by atoms with Crippen molar-refractivity contribution in [3.8, 4) is 28.4 Å². The molecular weight excluding hydrogens is 378 g/mol. The van der Waals surface area contributed by atoms with E-state index in [1.54, 1.807) is 13.3 Å². The second kappa shape index (κ2) is 7.91. The Kier molecular flexibility index (Phi) is 5.35. The molecule has 0 aliphatic carbocycles. The molecule has 1 atom stereocenters. The highest BCUT2D eigenvalue weighted by molar-refractivity contribution is 6.32. The number of aliphatic hydroxyl groups is 1. The molecule has 1 aromatic carbocycles. The molecule has 0 unspecified atom stereocenters. The minimum atomic E-state index is -0.106. The van der Waals surface area contributed by atoms with Gasteiger partial charge in [-0.25, -0.2) is 4.98 Å². The summed E-state index contributed by atoms with van der Waals surface area (Å²) in [5.74, 6) is 1.46. The number of benzene rings is 1. The van der Waals surface area contributed by atoms with Crippen molar-refractivity contribution in [2.75, 3.05) is 13.7 Å². The van der Waals surface area contributed by atoms with Gasteiger partial charge in [0, 0.05) is 29.4 Å². The molecule has 4 rings (SSSR count). The van der Waals surface area contributed by atoms with E-state index in [4.69, 9.17) is 26.1 Å². The summed E-state index contributed by atoms with van der Waals surface area (Å²) in [4.78, 5) is 9.17. The van der Waals surface area contributed by atoms with Crippen LogP contribution in [0.25, 0.3) is 22.6 Å². The van der Waals surface area contributed by atoms with Gasteiger partial charge in [-0.2, -0.15) is 0 Å². The average Bonchev–Trinajstić information content (AvgIpc) is 2.95. The van der Waals surface area contributed by atoms with Crippen LogP contribution in [0.15, 0.2) is 36.5 Å². The van der Waals surface area contributed by atoms with Crippen LogP contribution in [0, 0.1) is 0 Å². The number of aliphatic hydroxyl groups excluding tert-OH is 1. The molecule has 3 aromatic rings. The largest absolute Gasteiger partial charge is 0.495 e. The maximum atomic E-state index is 9.46. The summed E-state index contributed by atoms with van der Waals surface area (Å²) in [5, 5.41) is 10.0. The van der Waals surface area contributed by atoms with E-state index in [2.05, 4.69) is 16.5 Å². The van der Waals surface area contributed by atoms with Crippen molar-refractivity contribution >= 4 is 11.6 Å². The number of aromatic nitrogens is 3. The first-order valence-electron chi connectivity index (χ1n) is 9.21. The highest BCUT2D eigenvalue weighted by Gasteiger charge is 2.24. The molecule has 0 bridgehead atoms. The van der Waals surface area contributed by atoms with Gasteiger partial charge >= 0.3 is 0 Å². The number of hydrogen-bond acceptors (Lipinski definition) is 5. The smallest absolute Gasteiger partial charge is 0.141 e. The summed E-state index contributed by atoms with van der Waals surface area (Å²) in [6.45, 7) is 3.31. The van der Waals surface area contributed by atoms with E-state index in [-0.39, 0.29) is 12.7 Å². The summed E-state index contributed by atoms with van der Waals surface area (Å²) < 4.78 is 13.5. The number of pyridine rings is 1. The average molecular weight is 400 g/mol. The van der Waals surface area contributed by atoms with Gasteiger partial charge < -0.3 is 19.1 Å². The quantitative estimate of drug-likeness (QED) is 0.724. The summed E-state index contributed by atoms with van der Waals surface area (Å²) in [6.07, 6.45) is 2.54. The van der Waals surface area contributed by atoms with Gasteiger partial charge in [0.05, 0.1) is 49.4 Å². The van der Waals surface area contributed by atoms with Gasteiger partial charge in [0.2, 0.25) is 0 Å². The van der Waals surface area contributed by atoms with Crippen molar-refractivity contribution in [2.45, 2.75) is 32.6 Å². The molecule has 1 N–H and O–H groups in total. The monoisotopic (exact) mass is 399 g/mol. The molecule has 28 heavy (non-hydrogen) atoms. The van der Waals surface area contributed by atoms with Gasteiger partial charge in [-0.15, -0.1) is 0 Å². The Morgan fingerprint density at radius 3 is 2.93 bits per heavy atom. The Bertz CT molecular complexity index is 1000. The minimum absolute atomic E-state index is 0.0849. The Balaban J connectivity index is 1.90. The van der Waals surface area contributed by atoms with Crippen LogP contribution in [0.1, 0.15) is 18.3 Å². The molecule has 3 heterocycles. The van der Waals surface area contributed by atoms with Crippen molar-refractivity contribution in [3.63, 3.8) is 0 Å². The van der Waals surface area contributed by atoms with Crippen LogP contribution < -0.4 is 4.74 Å². The van der Waals surface area contributed by atoms with Crippen molar-refractivity contribution in [3.05, 3.63) is 52.9 Å². The number of methoxy groups -OCH3 is 1. The van der Waals surface area contributed by atoms with Crippen LogP contribution in [0.4, 0.5) is 0 Å². The van der Waals surface area contributed by atoms with Gasteiger partial charge in [0.25, 0.3) is 0 Å². The summed E-state index contributed by atoms with van der Waals surface area (Å²) in [6, 6.07) is 9.48. The third-order valence-electron chi connectivity index (χ3n) is 4.91. The normalized spacial score (nSPS) is 16.5. The molecule has 0 saturated carbocycles. The Hall–Kier alpha value is -2.41.